The first-order valence-corrected chi connectivity index (χ1v) is 6.54. The van der Waals surface area contributed by atoms with Gasteiger partial charge < -0.3 is 14.7 Å². The van der Waals surface area contributed by atoms with E-state index in [1.807, 2.05) is 12.3 Å². The number of aliphatic hydroxyl groups is 1. The van der Waals surface area contributed by atoms with Crippen LogP contribution in [0.1, 0.15) is 22.3 Å². The van der Waals surface area contributed by atoms with E-state index in [2.05, 4.69) is 0 Å². The van der Waals surface area contributed by atoms with E-state index in [-0.39, 0.29) is 18.4 Å². The summed E-state index contributed by atoms with van der Waals surface area (Å²) in [5.41, 5.74) is 1.26. The second-order valence-corrected chi connectivity index (χ2v) is 5.21. The molecule has 0 aliphatic carbocycles. The maximum Gasteiger partial charge on any atom is 0.341 e. The smallest absolute Gasteiger partial charge is 0.341 e. The molecule has 1 fully saturated rings. The third-order valence-electron chi connectivity index (χ3n) is 3.05. The summed E-state index contributed by atoms with van der Waals surface area (Å²) in [6.45, 7) is 2.26. The second kappa shape index (κ2) is 5.07. The highest BCUT2D eigenvalue weighted by Crippen LogP contribution is 2.35. The van der Waals surface area contributed by atoms with Crippen LogP contribution in [-0.2, 0) is 9.53 Å². The first-order valence-electron chi connectivity index (χ1n) is 5.66. The first kappa shape index (κ1) is 13.0. The number of hydrogen-bond donors (Lipinski definition) is 1. The van der Waals surface area contributed by atoms with Crippen molar-refractivity contribution in [3.8, 4) is 0 Å². The number of aryl methyl sites for hydroxylation is 1. The quantitative estimate of drug-likeness (QED) is 0.837. The third-order valence-corrected chi connectivity index (χ3v) is 4.17. The van der Waals surface area contributed by atoms with Crippen molar-refractivity contribution in [2.24, 2.45) is 5.92 Å². The minimum atomic E-state index is -0.427. The Kier molecular flexibility index (Phi) is 3.68. The Labute approximate surface area is 109 Å². The highest BCUT2D eigenvalue weighted by atomic mass is 32.1. The van der Waals surface area contributed by atoms with Gasteiger partial charge in [-0.05, 0) is 17.9 Å². The predicted octanol–water partition coefficient (Wildman–Crippen LogP) is 1.19. The van der Waals surface area contributed by atoms with Crippen molar-refractivity contribution in [3.05, 3.63) is 16.5 Å². The van der Waals surface area contributed by atoms with Gasteiger partial charge in [-0.2, -0.15) is 0 Å². The van der Waals surface area contributed by atoms with Crippen LogP contribution in [0.4, 0.5) is 5.00 Å². The Balaban J connectivity index is 2.34. The molecule has 5 nitrogen and oxygen atoms in total. The van der Waals surface area contributed by atoms with Crippen LogP contribution in [0, 0.1) is 12.8 Å². The van der Waals surface area contributed by atoms with Crippen LogP contribution in [0.15, 0.2) is 5.38 Å². The van der Waals surface area contributed by atoms with Gasteiger partial charge in [0.1, 0.15) is 5.00 Å². The topological polar surface area (TPSA) is 66.8 Å². The summed E-state index contributed by atoms with van der Waals surface area (Å²) in [5.74, 6) is -0.532. The molecule has 1 aromatic rings. The van der Waals surface area contributed by atoms with Crippen LogP contribution in [0.25, 0.3) is 0 Å². The molecule has 18 heavy (non-hydrogen) atoms. The summed E-state index contributed by atoms with van der Waals surface area (Å²) >= 11 is 1.36. The number of amides is 1. The molecular weight excluding hydrogens is 254 g/mol. The highest BCUT2D eigenvalue weighted by molar-refractivity contribution is 7.15. The lowest BCUT2D eigenvalue weighted by Gasteiger charge is -2.16. The van der Waals surface area contributed by atoms with Crippen molar-refractivity contribution in [2.75, 3.05) is 25.2 Å². The summed E-state index contributed by atoms with van der Waals surface area (Å²) in [4.78, 5) is 25.2. The molecule has 6 heteroatoms. The van der Waals surface area contributed by atoms with Gasteiger partial charge in [-0.3, -0.25) is 4.79 Å². The van der Waals surface area contributed by atoms with Crippen molar-refractivity contribution < 1.29 is 19.4 Å². The summed E-state index contributed by atoms with van der Waals surface area (Å²) < 4.78 is 4.74. The Morgan fingerprint density at radius 2 is 2.39 bits per heavy atom. The zero-order valence-electron chi connectivity index (χ0n) is 10.3. The normalized spacial score (nSPS) is 19.4. The Bertz CT molecular complexity index is 482. The van der Waals surface area contributed by atoms with Crippen LogP contribution in [0.2, 0.25) is 0 Å². The fourth-order valence-corrected chi connectivity index (χ4v) is 3.15. The largest absolute Gasteiger partial charge is 0.465 e. The molecule has 1 aliphatic rings. The molecule has 1 aliphatic heterocycles. The lowest BCUT2D eigenvalue weighted by Crippen LogP contribution is -2.26. The molecule has 1 N–H and O–H groups in total. The van der Waals surface area contributed by atoms with E-state index in [4.69, 9.17) is 9.84 Å². The molecule has 98 valence electrons. The van der Waals surface area contributed by atoms with Gasteiger partial charge in [0.15, 0.2) is 0 Å². The molecule has 2 rings (SSSR count). The van der Waals surface area contributed by atoms with Crippen LogP contribution in [0.5, 0.6) is 0 Å². The van der Waals surface area contributed by atoms with Gasteiger partial charge >= 0.3 is 5.97 Å². The standard InChI is InChI=1S/C12H15NO4S/c1-7-6-18-11(10(7)12(16)17-2)13-4-8(5-14)3-9(13)15/h6,8,14H,3-5H2,1-2H3. The SMILES string of the molecule is COC(=O)c1c(C)csc1N1CC(CO)CC1=O. The minimum Gasteiger partial charge on any atom is -0.465 e. The number of carbonyl (C=O) groups excluding carboxylic acids is 2. The van der Waals surface area contributed by atoms with Gasteiger partial charge in [-0.1, -0.05) is 0 Å². The lowest BCUT2D eigenvalue weighted by atomic mass is 10.1. The third kappa shape index (κ3) is 2.13. The van der Waals surface area contributed by atoms with Crippen molar-refractivity contribution in [2.45, 2.75) is 13.3 Å². The maximum atomic E-state index is 11.9. The van der Waals surface area contributed by atoms with Crippen LogP contribution in [0.3, 0.4) is 0 Å². The maximum absolute atomic E-state index is 11.9. The average Bonchev–Trinajstić information content (AvgIpc) is 2.91. The lowest BCUT2D eigenvalue weighted by molar-refractivity contribution is -0.117. The van der Waals surface area contributed by atoms with Crippen molar-refractivity contribution in [1.29, 1.82) is 0 Å². The molecule has 1 saturated heterocycles. The molecule has 2 heterocycles. The second-order valence-electron chi connectivity index (χ2n) is 4.35. The number of thiophene rings is 1. The number of methoxy groups -OCH3 is 1. The van der Waals surface area contributed by atoms with Gasteiger partial charge in [0, 0.05) is 25.5 Å². The van der Waals surface area contributed by atoms with Crippen molar-refractivity contribution in [1.82, 2.24) is 0 Å². The zero-order chi connectivity index (χ0) is 13.3. The Morgan fingerprint density at radius 1 is 1.67 bits per heavy atom. The summed E-state index contributed by atoms with van der Waals surface area (Å²) in [6, 6.07) is 0. The number of aliphatic hydroxyl groups excluding tert-OH is 1. The zero-order valence-corrected chi connectivity index (χ0v) is 11.1. The van der Waals surface area contributed by atoms with Crippen LogP contribution in [-0.4, -0.2) is 37.2 Å². The van der Waals surface area contributed by atoms with Crippen molar-refractivity contribution >= 4 is 28.2 Å². The molecule has 1 unspecified atom stereocenters. The average molecular weight is 269 g/mol. The van der Waals surface area contributed by atoms with E-state index in [1.165, 1.54) is 18.4 Å². The van der Waals surface area contributed by atoms with Crippen molar-refractivity contribution in [3.63, 3.8) is 0 Å². The Morgan fingerprint density at radius 3 is 2.94 bits per heavy atom. The van der Waals surface area contributed by atoms with E-state index in [9.17, 15) is 9.59 Å². The summed E-state index contributed by atoms with van der Waals surface area (Å²) in [5, 5.41) is 11.6. The van der Waals surface area contributed by atoms with E-state index in [0.29, 0.717) is 23.5 Å². The molecule has 0 spiro atoms. The van der Waals surface area contributed by atoms with Crippen LogP contribution >= 0.6 is 11.3 Å². The molecule has 0 saturated carbocycles. The number of ether oxygens (including phenoxy) is 1. The van der Waals surface area contributed by atoms with Gasteiger partial charge in [-0.15, -0.1) is 11.3 Å². The molecule has 1 atom stereocenters. The predicted molar refractivity (Wildman–Crippen MR) is 67.9 cm³/mol. The number of rotatable bonds is 3. The Hall–Kier alpha value is -1.40. The van der Waals surface area contributed by atoms with Gasteiger partial charge in [0.2, 0.25) is 5.91 Å². The van der Waals surface area contributed by atoms with Gasteiger partial charge in [0.25, 0.3) is 0 Å². The minimum absolute atomic E-state index is 0.0137. The first-order chi connectivity index (χ1) is 8.58. The highest BCUT2D eigenvalue weighted by Gasteiger charge is 2.34. The van der Waals surface area contributed by atoms with Gasteiger partial charge in [-0.25, -0.2) is 4.79 Å². The van der Waals surface area contributed by atoms with E-state index < -0.39 is 5.97 Å². The van der Waals surface area contributed by atoms with E-state index >= 15 is 0 Å². The number of carbonyl (C=O) groups is 2. The molecule has 1 amide bonds. The molecule has 0 bridgehead atoms. The number of hydrogen-bond acceptors (Lipinski definition) is 5. The monoisotopic (exact) mass is 269 g/mol. The van der Waals surface area contributed by atoms with Gasteiger partial charge in [0.05, 0.1) is 12.7 Å². The number of nitrogens with zero attached hydrogens (tertiary/aromatic N) is 1. The fourth-order valence-electron chi connectivity index (χ4n) is 2.08. The number of anilines is 1. The molecule has 0 radical (unpaired) electrons. The molecular formula is C12H15NO4S. The van der Waals surface area contributed by atoms with Crippen LogP contribution < -0.4 is 4.90 Å². The van der Waals surface area contributed by atoms with E-state index in [1.54, 1.807) is 4.90 Å². The molecule has 0 aromatic carbocycles. The van der Waals surface area contributed by atoms with E-state index in [0.717, 1.165) is 5.56 Å². The fraction of sp³-hybridized carbons (Fsp3) is 0.500. The summed E-state index contributed by atoms with van der Waals surface area (Å²) in [6.07, 6.45) is 0.327. The molecule has 1 aromatic heterocycles. The number of esters is 1. The summed E-state index contributed by atoms with van der Waals surface area (Å²) in [7, 11) is 1.32.